The maximum absolute atomic E-state index is 12.8. The summed E-state index contributed by atoms with van der Waals surface area (Å²) in [5.74, 6) is -1.11. The molecule has 6 nitrogen and oxygen atoms in total. The van der Waals surface area contributed by atoms with Crippen LogP contribution in [0.25, 0.3) is 6.08 Å². The van der Waals surface area contributed by atoms with Crippen LogP contribution in [0.5, 0.6) is 0 Å². The molecule has 7 heteroatoms. The molecule has 2 aromatic rings. The normalized spacial score (nSPS) is 19.1. The second-order valence-electron chi connectivity index (χ2n) is 7.91. The van der Waals surface area contributed by atoms with Gasteiger partial charge in [0.2, 0.25) is 0 Å². The highest BCUT2D eigenvalue weighted by molar-refractivity contribution is 8.18. The fourth-order valence-corrected chi connectivity index (χ4v) is 4.72. The van der Waals surface area contributed by atoms with Crippen LogP contribution in [0.15, 0.2) is 46.3 Å². The molecule has 0 spiro atoms. The van der Waals surface area contributed by atoms with Crippen molar-refractivity contribution in [1.29, 1.82) is 0 Å². The quantitative estimate of drug-likeness (QED) is 0.696. The van der Waals surface area contributed by atoms with Gasteiger partial charge in [-0.15, -0.1) is 0 Å². The second-order valence-corrected chi connectivity index (χ2v) is 8.92. The van der Waals surface area contributed by atoms with Crippen molar-refractivity contribution < 1.29 is 14.7 Å². The third kappa shape index (κ3) is 4.37. The predicted octanol–water partition coefficient (Wildman–Crippen LogP) is 4.84. The zero-order chi connectivity index (χ0) is 22.1. The first kappa shape index (κ1) is 21.2. The highest BCUT2D eigenvalue weighted by atomic mass is 32.2. The monoisotopic (exact) mass is 435 g/mol. The Morgan fingerprint density at radius 3 is 2.52 bits per heavy atom. The lowest BCUT2D eigenvalue weighted by Crippen LogP contribution is -2.23. The highest BCUT2D eigenvalue weighted by Gasteiger charge is 2.30. The number of carboxylic acids is 1. The number of nitrogens with zero attached hydrogens (tertiary/aromatic N) is 3. The van der Waals surface area contributed by atoms with Crippen molar-refractivity contribution in [3.05, 3.63) is 63.6 Å². The number of rotatable bonds is 4. The van der Waals surface area contributed by atoms with Crippen molar-refractivity contribution in [3.8, 4) is 0 Å². The number of aryl methyl sites for hydroxylation is 2. The molecule has 2 fully saturated rings. The van der Waals surface area contributed by atoms with Crippen molar-refractivity contribution in [2.45, 2.75) is 26.7 Å². The predicted molar refractivity (Wildman–Crippen MR) is 126 cm³/mol. The number of amides is 1. The summed E-state index contributed by atoms with van der Waals surface area (Å²) in [4.78, 5) is 33.2. The Bertz CT molecular complexity index is 1120. The summed E-state index contributed by atoms with van der Waals surface area (Å²) in [6.45, 7) is 6.13. The lowest BCUT2D eigenvalue weighted by Gasteiger charge is -2.18. The van der Waals surface area contributed by atoms with Crippen molar-refractivity contribution >= 4 is 46.3 Å². The van der Waals surface area contributed by atoms with Crippen molar-refractivity contribution in [2.75, 3.05) is 25.0 Å². The Balaban J connectivity index is 1.61. The number of thioether (sulfide) groups is 1. The van der Waals surface area contributed by atoms with Gasteiger partial charge in [-0.2, -0.15) is 0 Å². The molecule has 0 bridgehead atoms. The average molecular weight is 436 g/mol. The number of anilines is 1. The molecule has 4 rings (SSSR count). The van der Waals surface area contributed by atoms with Gasteiger partial charge in [-0.05, 0) is 85.5 Å². The Morgan fingerprint density at radius 2 is 1.84 bits per heavy atom. The van der Waals surface area contributed by atoms with E-state index in [0.717, 1.165) is 29.8 Å². The van der Waals surface area contributed by atoms with Crippen LogP contribution >= 0.6 is 11.8 Å². The zero-order valence-corrected chi connectivity index (χ0v) is 18.7. The first-order chi connectivity index (χ1) is 14.8. The van der Waals surface area contributed by atoms with Crippen LogP contribution in [0.1, 0.15) is 39.9 Å². The lowest BCUT2D eigenvalue weighted by molar-refractivity contribution is -0.121. The minimum absolute atomic E-state index is 0.112. The molecule has 0 unspecified atom stereocenters. The maximum Gasteiger partial charge on any atom is 0.335 e. The van der Waals surface area contributed by atoms with E-state index in [-0.39, 0.29) is 11.5 Å². The van der Waals surface area contributed by atoms with Crippen LogP contribution in [-0.2, 0) is 4.79 Å². The van der Waals surface area contributed by atoms with Gasteiger partial charge < -0.3 is 10.0 Å². The lowest BCUT2D eigenvalue weighted by atomic mass is 10.1. The third-order valence-corrected chi connectivity index (χ3v) is 6.75. The number of benzene rings is 2. The minimum atomic E-state index is -1.00. The summed E-state index contributed by atoms with van der Waals surface area (Å²) in [6, 6.07) is 11.2. The molecule has 2 aromatic carbocycles. The Labute approximate surface area is 186 Å². The largest absolute Gasteiger partial charge is 0.478 e. The smallest absolute Gasteiger partial charge is 0.335 e. The summed E-state index contributed by atoms with van der Waals surface area (Å²) < 4.78 is 0. The van der Waals surface area contributed by atoms with Crippen LogP contribution in [0.4, 0.5) is 11.4 Å². The van der Waals surface area contributed by atoms with Gasteiger partial charge in [-0.1, -0.05) is 12.1 Å². The summed E-state index contributed by atoms with van der Waals surface area (Å²) in [5, 5.41) is 9.78. The molecular formula is C24H25N3O3S. The highest BCUT2D eigenvalue weighted by Crippen LogP contribution is 2.35. The Hall–Kier alpha value is -3.06. The summed E-state index contributed by atoms with van der Waals surface area (Å²) in [7, 11) is 1.69. The summed E-state index contributed by atoms with van der Waals surface area (Å²) >= 11 is 1.31. The number of aliphatic imine (C=N–C) groups is 1. The van der Waals surface area contributed by atoms with Gasteiger partial charge in [-0.25, -0.2) is 9.79 Å². The van der Waals surface area contributed by atoms with Gasteiger partial charge in [0, 0.05) is 25.8 Å². The SMILES string of the molecule is Cc1cc(N2CCCC2)ccc1/C=C1\SC(=Nc2cc(C(=O)O)ccc2C)N(C)C1=O. The molecule has 0 atom stereocenters. The number of carbonyl (C=O) groups is 2. The van der Waals surface area contributed by atoms with Gasteiger partial charge in [0.1, 0.15) is 0 Å². The van der Waals surface area contributed by atoms with E-state index in [2.05, 4.69) is 35.0 Å². The molecule has 160 valence electrons. The molecule has 0 aromatic heterocycles. The molecule has 0 saturated carbocycles. The standard InChI is InChI=1S/C24H25N3O3S/c1-15-6-7-18(23(29)30)13-20(15)25-24-26(3)22(28)21(31-24)14-17-8-9-19(12-16(17)2)27-10-4-5-11-27/h6-9,12-14H,4-5,10-11H2,1-3H3,(H,29,30)/b21-14-,25-24?. The van der Waals surface area contributed by atoms with Crippen LogP contribution < -0.4 is 4.90 Å². The summed E-state index contributed by atoms with van der Waals surface area (Å²) in [5.41, 5.74) is 4.95. The van der Waals surface area contributed by atoms with Crippen molar-refractivity contribution in [1.82, 2.24) is 4.90 Å². The van der Waals surface area contributed by atoms with E-state index in [1.54, 1.807) is 19.2 Å². The Kier molecular flexibility index (Phi) is 5.87. The van der Waals surface area contributed by atoms with Crippen molar-refractivity contribution in [2.24, 2.45) is 4.99 Å². The maximum atomic E-state index is 12.8. The minimum Gasteiger partial charge on any atom is -0.478 e. The number of carboxylic acid groups (broad SMARTS) is 1. The van der Waals surface area contributed by atoms with Crippen LogP contribution in [0.3, 0.4) is 0 Å². The molecular weight excluding hydrogens is 410 g/mol. The molecule has 0 aliphatic carbocycles. The number of likely N-dealkylation sites (N-methyl/N-ethyl adjacent to an activating group) is 1. The van der Waals surface area contributed by atoms with Crippen LogP contribution in [-0.4, -0.2) is 47.2 Å². The topological polar surface area (TPSA) is 73.2 Å². The van der Waals surface area contributed by atoms with Crippen molar-refractivity contribution in [3.63, 3.8) is 0 Å². The average Bonchev–Trinajstić information content (AvgIpc) is 3.36. The molecule has 2 saturated heterocycles. The van der Waals surface area contributed by atoms with Gasteiger partial charge in [0.05, 0.1) is 16.2 Å². The molecule has 1 amide bonds. The number of aromatic carboxylic acids is 1. The molecule has 0 radical (unpaired) electrons. The third-order valence-electron chi connectivity index (χ3n) is 5.69. The van der Waals surface area contributed by atoms with Crippen LogP contribution in [0, 0.1) is 13.8 Å². The van der Waals surface area contributed by atoms with Gasteiger partial charge in [-0.3, -0.25) is 9.69 Å². The molecule has 2 heterocycles. The van der Waals surface area contributed by atoms with E-state index in [9.17, 15) is 14.7 Å². The molecule has 2 aliphatic rings. The second kappa shape index (κ2) is 8.59. The molecule has 31 heavy (non-hydrogen) atoms. The van der Waals surface area contributed by atoms with E-state index in [1.807, 2.05) is 13.0 Å². The van der Waals surface area contributed by atoms with E-state index < -0.39 is 5.97 Å². The number of hydrogen-bond donors (Lipinski definition) is 1. The Morgan fingerprint density at radius 1 is 1.10 bits per heavy atom. The van der Waals surface area contributed by atoms with E-state index in [1.165, 1.54) is 41.3 Å². The molecule has 2 aliphatic heterocycles. The first-order valence-electron chi connectivity index (χ1n) is 10.3. The fourth-order valence-electron chi connectivity index (χ4n) is 3.75. The van der Waals surface area contributed by atoms with E-state index >= 15 is 0 Å². The van der Waals surface area contributed by atoms with E-state index in [4.69, 9.17) is 0 Å². The number of hydrogen-bond acceptors (Lipinski definition) is 5. The zero-order valence-electron chi connectivity index (χ0n) is 17.9. The van der Waals surface area contributed by atoms with Crippen LogP contribution in [0.2, 0.25) is 0 Å². The molecule has 1 N–H and O–H groups in total. The van der Waals surface area contributed by atoms with Gasteiger partial charge >= 0.3 is 5.97 Å². The number of amidine groups is 1. The fraction of sp³-hybridized carbons (Fsp3) is 0.292. The summed E-state index contributed by atoms with van der Waals surface area (Å²) in [6.07, 6.45) is 4.38. The van der Waals surface area contributed by atoms with Gasteiger partial charge in [0.25, 0.3) is 5.91 Å². The van der Waals surface area contributed by atoms with Gasteiger partial charge in [0.15, 0.2) is 5.17 Å². The first-order valence-corrected chi connectivity index (χ1v) is 11.1. The number of carbonyl (C=O) groups excluding carboxylic acids is 1. The van der Waals surface area contributed by atoms with E-state index in [0.29, 0.717) is 15.8 Å².